The number of benzene rings is 1. The van der Waals surface area contributed by atoms with Crippen molar-refractivity contribution in [3.8, 4) is 11.5 Å². The lowest BCUT2D eigenvalue weighted by Gasteiger charge is -2.23. The number of methoxy groups -OCH3 is 2. The molecule has 5 heteroatoms. The number of nitrogens with one attached hydrogen (secondary N) is 1. The van der Waals surface area contributed by atoms with E-state index in [2.05, 4.69) is 21.4 Å². The zero-order chi connectivity index (χ0) is 14.5. The second kappa shape index (κ2) is 7.29. The first-order chi connectivity index (χ1) is 9.71. The zero-order valence-corrected chi connectivity index (χ0v) is 13.7. The molecule has 112 valence electrons. The van der Waals surface area contributed by atoms with Crippen LogP contribution in [0.5, 0.6) is 11.5 Å². The van der Waals surface area contributed by atoms with E-state index in [0.717, 1.165) is 33.9 Å². The Morgan fingerprint density at radius 2 is 2.00 bits per heavy atom. The standard InChI is InChI=1S/C15H23BrN2O2/c1-19-13-8-7-11(15(20-2)14(13)16)12(18-17)9-10-5-3-4-6-10/h7-8,10,12,18H,3-6,9,17H2,1-2H3. The number of hydrogen-bond donors (Lipinski definition) is 2. The van der Waals surface area contributed by atoms with Gasteiger partial charge in [-0.2, -0.15) is 0 Å². The minimum atomic E-state index is 0.107. The number of hydrogen-bond acceptors (Lipinski definition) is 4. The van der Waals surface area contributed by atoms with E-state index < -0.39 is 0 Å². The van der Waals surface area contributed by atoms with Crippen LogP contribution in [0.3, 0.4) is 0 Å². The SMILES string of the molecule is COc1ccc(C(CC2CCCC2)NN)c(OC)c1Br. The molecule has 0 amide bonds. The summed E-state index contributed by atoms with van der Waals surface area (Å²) in [7, 11) is 3.32. The predicted octanol–water partition coefficient (Wildman–Crippen LogP) is 3.55. The molecule has 1 aliphatic rings. The molecule has 1 saturated carbocycles. The molecule has 2 rings (SSSR count). The van der Waals surface area contributed by atoms with Gasteiger partial charge in [-0.1, -0.05) is 25.7 Å². The Labute approximate surface area is 129 Å². The molecule has 0 bridgehead atoms. The molecule has 0 saturated heterocycles. The van der Waals surface area contributed by atoms with Crippen LogP contribution in [0.25, 0.3) is 0 Å². The highest BCUT2D eigenvalue weighted by Crippen LogP contribution is 2.42. The molecular weight excluding hydrogens is 320 g/mol. The van der Waals surface area contributed by atoms with E-state index in [0.29, 0.717) is 0 Å². The van der Waals surface area contributed by atoms with Gasteiger partial charge in [-0.3, -0.25) is 11.3 Å². The van der Waals surface area contributed by atoms with Crippen molar-refractivity contribution in [2.45, 2.75) is 38.1 Å². The quantitative estimate of drug-likeness (QED) is 0.613. The first-order valence-corrected chi connectivity index (χ1v) is 7.87. The summed E-state index contributed by atoms with van der Waals surface area (Å²) >= 11 is 3.54. The van der Waals surface area contributed by atoms with Crippen LogP contribution in [0.1, 0.15) is 43.7 Å². The first-order valence-electron chi connectivity index (χ1n) is 7.07. The van der Waals surface area contributed by atoms with Crippen LogP contribution in [0.2, 0.25) is 0 Å². The lowest BCUT2D eigenvalue weighted by molar-refractivity contribution is 0.361. The highest BCUT2D eigenvalue weighted by molar-refractivity contribution is 9.10. The van der Waals surface area contributed by atoms with Gasteiger partial charge in [0.2, 0.25) is 0 Å². The average Bonchev–Trinajstić information content (AvgIpc) is 2.97. The third-order valence-electron chi connectivity index (χ3n) is 4.14. The maximum Gasteiger partial charge on any atom is 0.141 e. The van der Waals surface area contributed by atoms with E-state index in [1.165, 1.54) is 25.7 Å². The van der Waals surface area contributed by atoms with Gasteiger partial charge >= 0.3 is 0 Å². The molecule has 20 heavy (non-hydrogen) atoms. The van der Waals surface area contributed by atoms with Gasteiger partial charge in [-0.25, -0.2) is 0 Å². The van der Waals surface area contributed by atoms with Crippen LogP contribution in [-0.4, -0.2) is 14.2 Å². The molecule has 0 aromatic heterocycles. The van der Waals surface area contributed by atoms with Crippen molar-refractivity contribution in [1.82, 2.24) is 5.43 Å². The summed E-state index contributed by atoms with van der Waals surface area (Å²) in [6.45, 7) is 0. The van der Waals surface area contributed by atoms with Crippen molar-refractivity contribution in [1.29, 1.82) is 0 Å². The van der Waals surface area contributed by atoms with Gasteiger partial charge in [-0.15, -0.1) is 0 Å². The number of halogens is 1. The van der Waals surface area contributed by atoms with Crippen molar-refractivity contribution in [3.63, 3.8) is 0 Å². The fourth-order valence-corrected chi connectivity index (χ4v) is 3.74. The summed E-state index contributed by atoms with van der Waals surface area (Å²) in [6, 6.07) is 4.08. The van der Waals surface area contributed by atoms with E-state index in [9.17, 15) is 0 Å². The first kappa shape index (κ1) is 15.6. The molecule has 0 aliphatic heterocycles. The van der Waals surface area contributed by atoms with Crippen LogP contribution < -0.4 is 20.7 Å². The fraction of sp³-hybridized carbons (Fsp3) is 0.600. The van der Waals surface area contributed by atoms with Gasteiger partial charge in [0.15, 0.2) is 0 Å². The van der Waals surface area contributed by atoms with Crippen molar-refractivity contribution in [2.75, 3.05) is 14.2 Å². The van der Waals surface area contributed by atoms with Crippen LogP contribution >= 0.6 is 15.9 Å². The Kier molecular flexibility index (Phi) is 5.69. The normalized spacial score (nSPS) is 17.2. The number of ether oxygens (including phenoxy) is 2. The van der Waals surface area contributed by atoms with Gasteiger partial charge in [0.05, 0.1) is 14.2 Å². The second-order valence-electron chi connectivity index (χ2n) is 5.31. The minimum Gasteiger partial charge on any atom is -0.495 e. The van der Waals surface area contributed by atoms with Crippen LogP contribution in [0.4, 0.5) is 0 Å². The predicted molar refractivity (Wildman–Crippen MR) is 83.9 cm³/mol. The Balaban J connectivity index is 2.26. The lowest BCUT2D eigenvalue weighted by atomic mass is 9.93. The summed E-state index contributed by atoms with van der Waals surface area (Å²) in [5.41, 5.74) is 4.02. The molecule has 1 aromatic rings. The maximum atomic E-state index is 5.78. The highest BCUT2D eigenvalue weighted by atomic mass is 79.9. The van der Waals surface area contributed by atoms with Crippen molar-refractivity contribution in [2.24, 2.45) is 11.8 Å². The Morgan fingerprint density at radius 3 is 2.55 bits per heavy atom. The monoisotopic (exact) mass is 342 g/mol. The summed E-state index contributed by atoms with van der Waals surface area (Å²) in [5, 5.41) is 0. The Morgan fingerprint density at radius 1 is 1.30 bits per heavy atom. The molecular formula is C15H23BrN2O2. The molecule has 0 radical (unpaired) electrons. The Hall–Kier alpha value is -0.780. The molecule has 1 aromatic carbocycles. The summed E-state index contributed by atoms with van der Waals surface area (Å²) in [6.07, 6.45) is 6.33. The second-order valence-corrected chi connectivity index (χ2v) is 6.10. The van der Waals surface area contributed by atoms with Gasteiger partial charge < -0.3 is 9.47 Å². The molecule has 1 atom stereocenters. The molecule has 1 aliphatic carbocycles. The topological polar surface area (TPSA) is 56.5 Å². The maximum absolute atomic E-state index is 5.78. The van der Waals surface area contributed by atoms with Gasteiger partial charge in [0.1, 0.15) is 16.0 Å². The molecule has 0 spiro atoms. The van der Waals surface area contributed by atoms with Gasteiger partial charge in [-0.05, 0) is 40.4 Å². The Bertz CT molecular complexity index is 448. The van der Waals surface area contributed by atoms with Gasteiger partial charge in [0, 0.05) is 11.6 Å². The van der Waals surface area contributed by atoms with E-state index in [4.69, 9.17) is 15.3 Å². The van der Waals surface area contributed by atoms with Crippen LogP contribution in [-0.2, 0) is 0 Å². The number of hydrazine groups is 1. The third kappa shape index (κ3) is 3.27. The van der Waals surface area contributed by atoms with E-state index in [-0.39, 0.29) is 6.04 Å². The summed E-state index contributed by atoms with van der Waals surface area (Å²) in [5.74, 6) is 8.09. The summed E-state index contributed by atoms with van der Waals surface area (Å²) in [4.78, 5) is 0. The van der Waals surface area contributed by atoms with E-state index in [1.54, 1.807) is 14.2 Å². The molecule has 0 heterocycles. The fourth-order valence-electron chi connectivity index (χ4n) is 3.06. The van der Waals surface area contributed by atoms with Crippen LogP contribution in [0, 0.1) is 5.92 Å². The highest BCUT2D eigenvalue weighted by Gasteiger charge is 2.24. The smallest absolute Gasteiger partial charge is 0.141 e. The zero-order valence-electron chi connectivity index (χ0n) is 12.1. The third-order valence-corrected chi connectivity index (χ3v) is 4.89. The molecule has 1 unspecified atom stereocenters. The average molecular weight is 343 g/mol. The summed E-state index contributed by atoms with van der Waals surface area (Å²) < 4.78 is 11.7. The van der Waals surface area contributed by atoms with Crippen molar-refractivity contribution >= 4 is 15.9 Å². The molecule has 4 nitrogen and oxygen atoms in total. The minimum absolute atomic E-state index is 0.107. The largest absolute Gasteiger partial charge is 0.495 e. The van der Waals surface area contributed by atoms with E-state index in [1.807, 2.05) is 12.1 Å². The number of nitrogens with two attached hydrogens (primary N) is 1. The van der Waals surface area contributed by atoms with Crippen molar-refractivity contribution < 1.29 is 9.47 Å². The van der Waals surface area contributed by atoms with E-state index >= 15 is 0 Å². The number of rotatable bonds is 6. The molecule has 3 N–H and O–H groups in total. The van der Waals surface area contributed by atoms with Crippen LogP contribution in [0.15, 0.2) is 16.6 Å². The van der Waals surface area contributed by atoms with Crippen molar-refractivity contribution in [3.05, 3.63) is 22.2 Å². The van der Waals surface area contributed by atoms with Gasteiger partial charge in [0.25, 0.3) is 0 Å². The molecule has 1 fully saturated rings. The lowest BCUT2D eigenvalue weighted by Crippen LogP contribution is -2.29.